The molecule has 2 aliphatic heterocycles. The molecule has 0 N–H and O–H groups in total. The number of piperidine rings is 1. The number of amidine groups is 1. The van der Waals surface area contributed by atoms with Crippen LogP contribution < -0.4 is 0 Å². The molecule has 0 aliphatic carbocycles. The zero-order chi connectivity index (χ0) is 19.5. The summed E-state index contributed by atoms with van der Waals surface area (Å²) < 4.78 is 52.3. The van der Waals surface area contributed by atoms with Crippen molar-refractivity contribution in [2.75, 3.05) is 19.7 Å². The average molecular weight is 383 g/mol. The van der Waals surface area contributed by atoms with E-state index in [2.05, 4.69) is 14.7 Å². The summed E-state index contributed by atoms with van der Waals surface area (Å²) in [5.74, 6) is -1.87. The molecule has 6 nitrogen and oxygen atoms in total. The first kappa shape index (κ1) is 19.2. The second-order valence-corrected chi connectivity index (χ2v) is 6.22. The van der Waals surface area contributed by atoms with Gasteiger partial charge in [0.1, 0.15) is 0 Å². The molecule has 3 rings (SSSR count). The number of carbonyl (C=O) groups is 1. The van der Waals surface area contributed by atoms with Gasteiger partial charge in [-0.1, -0.05) is 18.2 Å². The van der Waals surface area contributed by atoms with Crippen molar-refractivity contribution in [3.05, 3.63) is 35.9 Å². The molecule has 0 saturated carbocycles. The average Bonchev–Trinajstić information content (AvgIpc) is 2.68. The lowest BCUT2D eigenvalue weighted by Gasteiger charge is -2.35. The summed E-state index contributed by atoms with van der Waals surface area (Å²) in [4.78, 5) is 21.2. The third-order valence-corrected chi connectivity index (χ3v) is 4.31. The Morgan fingerprint density at radius 2 is 1.85 bits per heavy atom. The highest BCUT2D eigenvalue weighted by molar-refractivity contribution is 6.05. The first-order chi connectivity index (χ1) is 12.9. The second kappa shape index (κ2) is 7.58. The number of ether oxygens (including phenoxy) is 2. The van der Waals surface area contributed by atoms with Crippen LogP contribution >= 0.6 is 0 Å². The predicted molar refractivity (Wildman–Crippen MR) is 92.3 cm³/mol. The number of aliphatic imine (C=N–C) groups is 2. The summed E-state index contributed by atoms with van der Waals surface area (Å²) in [5, 5.41) is 0. The minimum atomic E-state index is -5.08. The molecule has 1 saturated heterocycles. The van der Waals surface area contributed by atoms with Gasteiger partial charge in [-0.3, -0.25) is 0 Å². The monoisotopic (exact) mass is 383 g/mol. The van der Waals surface area contributed by atoms with Crippen LogP contribution in [0.4, 0.5) is 13.2 Å². The lowest BCUT2D eigenvalue weighted by atomic mass is 10.1. The van der Waals surface area contributed by atoms with E-state index >= 15 is 0 Å². The van der Waals surface area contributed by atoms with E-state index in [4.69, 9.17) is 4.74 Å². The topological polar surface area (TPSA) is 63.5 Å². The van der Waals surface area contributed by atoms with E-state index in [0.29, 0.717) is 18.7 Å². The molecule has 0 radical (unpaired) electrons. The van der Waals surface area contributed by atoms with Gasteiger partial charge in [-0.15, -0.1) is 0 Å². The Kier molecular flexibility index (Phi) is 5.38. The number of hydrogen-bond donors (Lipinski definition) is 0. The highest BCUT2D eigenvalue weighted by Crippen LogP contribution is 2.39. The van der Waals surface area contributed by atoms with Gasteiger partial charge in [-0.2, -0.15) is 23.2 Å². The minimum Gasteiger partial charge on any atom is -0.462 e. The number of likely N-dealkylation sites (tertiary alicyclic amines) is 1. The number of hydrogen-bond acceptors (Lipinski definition) is 6. The molecule has 1 atom stereocenters. The number of esters is 1. The molecule has 9 heteroatoms. The highest BCUT2D eigenvalue weighted by atomic mass is 19.4. The Morgan fingerprint density at radius 1 is 1.19 bits per heavy atom. The Hall–Kier alpha value is -2.58. The normalized spacial score (nSPS) is 23.2. The SMILES string of the molecule is CCOC(=O)[C@]1(C(F)(F)F)N=C(c2ccccc2)OC(N2CCCCC2)=N1. The molecular formula is C18H20F3N3O3. The van der Waals surface area contributed by atoms with Crippen molar-refractivity contribution in [3.8, 4) is 0 Å². The van der Waals surface area contributed by atoms with Gasteiger partial charge in [0.25, 0.3) is 6.02 Å². The van der Waals surface area contributed by atoms with Crippen LogP contribution in [-0.4, -0.2) is 54.3 Å². The van der Waals surface area contributed by atoms with E-state index in [1.165, 1.54) is 6.92 Å². The largest absolute Gasteiger partial charge is 0.462 e. The molecule has 146 valence electrons. The minimum absolute atomic E-state index is 0.220. The van der Waals surface area contributed by atoms with E-state index in [0.717, 1.165) is 19.3 Å². The molecule has 2 heterocycles. The summed E-state index contributed by atoms with van der Waals surface area (Å²) in [5.41, 5.74) is -3.06. The first-order valence-electron chi connectivity index (χ1n) is 8.79. The van der Waals surface area contributed by atoms with E-state index < -0.39 is 17.8 Å². The Bertz CT molecular complexity index is 743. The lowest BCUT2D eigenvalue weighted by Crippen LogP contribution is -2.55. The molecule has 0 unspecified atom stereocenters. The number of carbonyl (C=O) groups excluding carboxylic acids is 1. The summed E-state index contributed by atoms with van der Waals surface area (Å²) in [7, 11) is 0. The van der Waals surface area contributed by atoms with Crippen LogP contribution in [0.3, 0.4) is 0 Å². The standard InChI is InChI=1S/C18H20F3N3O3/c1-2-26-15(25)17(18(19,20)21)22-14(13-9-5-3-6-10-13)27-16(23-17)24-11-7-4-8-12-24/h3,5-6,9-10H,2,4,7-8,11-12H2,1H3/t17-/m0/s1. The lowest BCUT2D eigenvalue weighted by molar-refractivity contribution is -0.204. The fourth-order valence-electron chi connectivity index (χ4n) is 2.93. The third-order valence-electron chi connectivity index (χ3n) is 4.31. The van der Waals surface area contributed by atoms with Crippen molar-refractivity contribution >= 4 is 17.9 Å². The van der Waals surface area contributed by atoms with Gasteiger partial charge in [0.15, 0.2) is 0 Å². The van der Waals surface area contributed by atoms with Crippen LogP contribution in [0.25, 0.3) is 0 Å². The molecular weight excluding hydrogens is 363 g/mol. The van der Waals surface area contributed by atoms with E-state index in [9.17, 15) is 18.0 Å². The van der Waals surface area contributed by atoms with E-state index in [1.54, 1.807) is 35.2 Å². The molecule has 1 fully saturated rings. The van der Waals surface area contributed by atoms with Crippen molar-refractivity contribution < 1.29 is 27.4 Å². The van der Waals surface area contributed by atoms with Crippen molar-refractivity contribution in [3.63, 3.8) is 0 Å². The second-order valence-electron chi connectivity index (χ2n) is 6.22. The van der Waals surface area contributed by atoms with Crippen molar-refractivity contribution in [1.29, 1.82) is 0 Å². The number of rotatable bonds is 3. The highest BCUT2D eigenvalue weighted by Gasteiger charge is 2.65. The zero-order valence-corrected chi connectivity index (χ0v) is 14.8. The van der Waals surface area contributed by atoms with Gasteiger partial charge in [0.2, 0.25) is 5.90 Å². The maximum absolute atomic E-state index is 14.0. The van der Waals surface area contributed by atoms with Gasteiger partial charge in [-0.05, 0) is 38.3 Å². The van der Waals surface area contributed by atoms with Crippen molar-refractivity contribution in [2.24, 2.45) is 9.98 Å². The summed E-state index contributed by atoms with van der Waals surface area (Å²) in [6.07, 6.45) is -2.49. The molecule has 0 amide bonds. The number of halogens is 3. The van der Waals surface area contributed by atoms with E-state index in [-0.39, 0.29) is 18.5 Å². The Balaban J connectivity index is 2.12. The van der Waals surface area contributed by atoms with Crippen LogP contribution in [0.2, 0.25) is 0 Å². The maximum atomic E-state index is 14.0. The maximum Gasteiger partial charge on any atom is 0.446 e. The molecule has 0 spiro atoms. The van der Waals surface area contributed by atoms with Crippen LogP contribution in [0.5, 0.6) is 0 Å². The molecule has 1 aromatic carbocycles. The summed E-state index contributed by atoms with van der Waals surface area (Å²) in [6.45, 7) is 2.20. The summed E-state index contributed by atoms with van der Waals surface area (Å²) in [6, 6.07) is 7.87. The zero-order valence-electron chi connectivity index (χ0n) is 14.8. The van der Waals surface area contributed by atoms with Gasteiger partial charge in [-0.25, -0.2) is 4.79 Å². The van der Waals surface area contributed by atoms with Gasteiger partial charge in [0.05, 0.1) is 6.61 Å². The number of benzene rings is 1. The molecule has 27 heavy (non-hydrogen) atoms. The fraction of sp³-hybridized carbons (Fsp3) is 0.500. The fourth-order valence-corrected chi connectivity index (χ4v) is 2.93. The van der Waals surface area contributed by atoms with Crippen LogP contribution in [0.1, 0.15) is 31.7 Å². The van der Waals surface area contributed by atoms with Crippen LogP contribution in [-0.2, 0) is 14.3 Å². The van der Waals surface area contributed by atoms with Crippen molar-refractivity contribution in [1.82, 2.24) is 4.90 Å². The third kappa shape index (κ3) is 3.77. The predicted octanol–water partition coefficient (Wildman–Crippen LogP) is 3.13. The van der Waals surface area contributed by atoms with Crippen molar-refractivity contribution in [2.45, 2.75) is 38.0 Å². The Labute approximate surface area is 154 Å². The first-order valence-corrected chi connectivity index (χ1v) is 8.79. The van der Waals surface area contributed by atoms with Gasteiger partial charge < -0.3 is 14.4 Å². The van der Waals surface area contributed by atoms with Gasteiger partial charge in [0, 0.05) is 18.7 Å². The van der Waals surface area contributed by atoms with Gasteiger partial charge >= 0.3 is 17.8 Å². The van der Waals surface area contributed by atoms with Crippen LogP contribution in [0.15, 0.2) is 40.3 Å². The Morgan fingerprint density at radius 3 is 2.44 bits per heavy atom. The van der Waals surface area contributed by atoms with Crippen LogP contribution in [0, 0.1) is 0 Å². The van der Waals surface area contributed by atoms with E-state index in [1.807, 2.05) is 0 Å². The molecule has 1 aromatic rings. The number of alkyl halides is 3. The quantitative estimate of drug-likeness (QED) is 0.753. The molecule has 0 bridgehead atoms. The summed E-state index contributed by atoms with van der Waals surface area (Å²) >= 11 is 0. The molecule has 0 aromatic heterocycles. The smallest absolute Gasteiger partial charge is 0.446 e. The number of nitrogens with zero attached hydrogens (tertiary/aromatic N) is 3. The molecule has 2 aliphatic rings.